The van der Waals surface area contributed by atoms with E-state index in [0.717, 1.165) is 11.3 Å². The fourth-order valence-corrected chi connectivity index (χ4v) is 2.78. The number of hydrogen-bond acceptors (Lipinski definition) is 4. The van der Waals surface area contributed by atoms with Gasteiger partial charge >= 0.3 is 0 Å². The van der Waals surface area contributed by atoms with Crippen molar-refractivity contribution in [3.63, 3.8) is 0 Å². The zero-order valence-corrected chi connectivity index (χ0v) is 14.8. The quantitative estimate of drug-likeness (QED) is 0.798. The van der Waals surface area contributed by atoms with Gasteiger partial charge in [0.1, 0.15) is 19.0 Å². The van der Waals surface area contributed by atoms with Crippen molar-refractivity contribution in [3.8, 4) is 17.2 Å². The van der Waals surface area contributed by atoms with E-state index < -0.39 is 0 Å². The molecule has 0 saturated carbocycles. The zero-order chi connectivity index (χ0) is 17.6. The van der Waals surface area contributed by atoms with Crippen LogP contribution in [0.5, 0.6) is 17.2 Å². The summed E-state index contributed by atoms with van der Waals surface area (Å²) in [5, 5.41) is 3.24. The van der Waals surface area contributed by atoms with Gasteiger partial charge in [0.25, 0.3) is 5.91 Å². The summed E-state index contributed by atoms with van der Waals surface area (Å²) in [7, 11) is 0. The Balaban J connectivity index is 1.47. The van der Waals surface area contributed by atoms with Crippen LogP contribution in [0, 0.1) is 6.92 Å². The molecule has 1 heterocycles. The Morgan fingerprint density at radius 2 is 2.08 bits per heavy atom. The van der Waals surface area contributed by atoms with E-state index in [-0.39, 0.29) is 5.91 Å². The van der Waals surface area contributed by atoms with Gasteiger partial charge in [-0.1, -0.05) is 23.7 Å². The highest BCUT2D eigenvalue weighted by molar-refractivity contribution is 6.32. The second-order valence-electron chi connectivity index (χ2n) is 5.76. The first kappa shape index (κ1) is 17.4. The van der Waals surface area contributed by atoms with Gasteiger partial charge in [-0.15, -0.1) is 0 Å². The molecule has 0 aliphatic carbocycles. The number of rotatable bonds is 6. The lowest BCUT2D eigenvalue weighted by Crippen LogP contribution is -2.26. The lowest BCUT2D eigenvalue weighted by atomic mass is 10.1. The van der Waals surface area contributed by atoms with Crippen LogP contribution in [0.15, 0.2) is 36.4 Å². The maximum absolute atomic E-state index is 12.3. The van der Waals surface area contributed by atoms with Gasteiger partial charge in [-0.25, -0.2) is 0 Å². The van der Waals surface area contributed by atoms with Crippen LogP contribution < -0.4 is 19.5 Å². The largest absolute Gasteiger partial charge is 0.494 e. The van der Waals surface area contributed by atoms with Gasteiger partial charge in [0.2, 0.25) is 0 Å². The molecule has 1 aliphatic heterocycles. The van der Waals surface area contributed by atoms with Crippen molar-refractivity contribution in [1.29, 1.82) is 0 Å². The molecule has 1 N–H and O–H groups in total. The molecule has 0 aromatic heterocycles. The number of ether oxygens (including phenoxy) is 3. The lowest BCUT2D eigenvalue weighted by molar-refractivity contribution is 0.0950. The number of hydrogen-bond donors (Lipinski definition) is 1. The summed E-state index contributed by atoms with van der Waals surface area (Å²) in [5.74, 6) is 1.64. The van der Waals surface area contributed by atoms with Crippen LogP contribution in [-0.2, 0) is 0 Å². The van der Waals surface area contributed by atoms with Gasteiger partial charge in [0.15, 0.2) is 11.5 Å². The van der Waals surface area contributed by atoms with E-state index in [1.165, 1.54) is 0 Å². The van der Waals surface area contributed by atoms with Crippen LogP contribution in [-0.4, -0.2) is 32.3 Å². The molecular formula is C19H20ClNO4. The van der Waals surface area contributed by atoms with Crippen LogP contribution in [0.4, 0.5) is 0 Å². The van der Waals surface area contributed by atoms with Crippen molar-refractivity contribution in [2.24, 2.45) is 0 Å². The number of amides is 1. The zero-order valence-electron chi connectivity index (χ0n) is 14.0. The van der Waals surface area contributed by atoms with E-state index in [1.807, 2.05) is 31.2 Å². The summed E-state index contributed by atoms with van der Waals surface area (Å²) < 4.78 is 16.6. The standard InChI is InChI=1S/C19H20ClNO4/c1-13-4-2-5-15(10-13)23-7-3-6-21-19(22)14-11-16(20)18-17(12-14)24-8-9-25-18/h2,4-5,10-12H,3,6-9H2,1H3,(H,21,22). The molecule has 1 amide bonds. The maximum atomic E-state index is 12.3. The highest BCUT2D eigenvalue weighted by atomic mass is 35.5. The molecule has 1 aliphatic rings. The fraction of sp³-hybridized carbons (Fsp3) is 0.316. The molecule has 5 nitrogen and oxygen atoms in total. The first-order chi connectivity index (χ1) is 12.1. The molecule has 2 aromatic carbocycles. The number of benzene rings is 2. The number of nitrogens with one attached hydrogen (secondary N) is 1. The predicted molar refractivity (Wildman–Crippen MR) is 96.1 cm³/mol. The smallest absolute Gasteiger partial charge is 0.251 e. The third-order valence-electron chi connectivity index (χ3n) is 3.72. The second-order valence-corrected chi connectivity index (χ2v) is 6.16. The average molecular weight is 362 g/mol. The van der Waals surface area contributed by atoms with Crippen molar-refractivity contribution in [2.45, 2.75) is 13.3 Å². The lowest BCUT2D eigenvalue weighted by Gasteiger charge is -2.20. The molecule has 0 bridgehead atoms. The normalized spacial score (nSPS) is 12.6. The molecule has 0 atom stereocenters. The van der Waals surface area contributed by atoms with E-state index in [2.05, 4.69) is 5.32 Å². The van der Waals surface area contributed by atoms with Crippen molar-refractivity contribution >= 4 is 17.5 Å². The monoisotopic (exact) mass is 361 g/mol. The number of fused-ring (bicyclic) bond motifs is 1. The van der Waals surface area contributed by atoms with Crippen LogP contribution in [0.2, 0.25) is 5.02 Å². The Labute approximate surface area is 151 Å². The molecule has 6 heteroatoms. The van der Waals surface area contributed by atoms with Gasteiger partial charge in [-0.05, 0) is 43.2 Å². The SMILES string of the molecule is Cc1cccc(OCCCNC(=O)c2cc(Cl)c3c(c2)OCCO3)c1. The third-order valence-corrected chi connectivity index (χ3v) is 4.00. The van der Waals surface area contributed by atoms with E-state index in [1.54, 1.807) is 12.1 Å². The summed E-state index contributed by atoms with van der Waals surface area (Å²) in [6.07, 6.45) is 0.706. The summed E-state index contributed by atoms with van der Waals surface area (Å²) >= 11 is 6.15. The molecule has 25 heavy (non-hydrogen) atoms. The summed E-state index contributed by atoms with van der Waals surface area (Å²) in [4.78, 5) is 12.3. The second kappa shape index (κ2) is 8.12. The number of aryl methyl sites for hydroxylation is 1. The van der Waals surface area contributed by atoms with Gasteiger partial charge < -0.3 is 19.5 Å². The Bertz CT molecular complexity index is 763. The Morgan fingerprint density at radius 1 is 1.24 bits per heavy atom. The fourth-order valence-electron chi connectivity index (χ4n) is 2.51. The van der Waals surface area contributed by atoms with Gasteiger partial charge in [-0.3, -0.25) is 4.79 Å². The van der Waals surface area contributed by atoms with Crippen molar-refractivity contribution in [1.82, 2.24) is 5.32 Å². The number of halogens is 1. The summed E-state index contributed by atoms with van der Waals surface area (Å²) in [5.41, 5.74) is 1.61. The minimum Gasteiger partial charge on any atom is -0.494 e. The Hall–Kier alpha value is -2.40. The first-order valence-electron chi connectivity index (χ1n) is 8.20. The van der Waals surface area contributed by atoms with Gasteiger partial charge in [0.05, 0.1) is 11.6 Å². The first-order valence-corrected chi connectivity index (χ1v) is 8.58. The molecule has 3 rings (SSSR count). The molecule has 0 spiro atoms. The molecular weight excluding hydrogens is 342 g/mol. The van der Waals surface area contributed by atoms with Crippen LogP contribution in [0.1, 0.15) is 22.3 Å². The molecule has 0 unspecified atom stereocenters. The van der Waals surface area contributed by atoms with E-state index >= 15 is 0 Å². The average Bonchev–Trinajstić information content (AvgIpc) is 2.61. The predicted octanol–water partition coefficient (Wildman–Crippen LogP) is 3.62. The van der Waals surface area contributed by atoms with Gasteiger partial charge in [-0.2, -0.15) is 0 Å². The summed E-state index contributed by atoms with van der Waals surface area (Å²) in [6.45, 7) is 3.97. The topological polar surface area (TPSA) is 56.8 Å². The number of carbonyl (C=O) groups excluding carboxylic acids is 1. The Morgan fingerprint density at radius 3 is 2.92 bits per heavy atom. The Kier molecular flexibility index (Phi) is 5.66. The highest BCUT2D eigenvalue weighted by Gasteiger charge is 2.19. The van der Waals surface area contributed by atoms with E-state index in [9.17, 15) is 4.79 Å². The molecule has 0 saturated heterocycles. The maximum Gasteiger partial charge on any atom is 0.251 e. The van der Waals surface area contributed by atoms with Crippen LogP contribution in [0.25, 0.3) is 0 Å². The molecule has 0 fully saturated rings. The van der Waals surface area contributed by atoms with Crippen molar-refractivity contribution in [3.05, 3.63) is 52.5 Å². The van der Waals surface area contributed by atoms with Crippen LogP contribution >= 0.6 is 11.6 Å². The van der Waals surface area contributed by atoms with Crippen molar-refractivity contribution in [2.75, 3.05) is 26.4 Å². The molecule has 0 radical (unpaired) electrons. The third kappa shape index (κ3) is 4.57. The minimum absolute atomic E-state index is 0.200. The van der Waals surface area contributed by atoms with Gasteiger partial charge in [0, 0.05) is 12.1 Å². The van der Waals surface area contributed by atoms with E-state index in [4.69, 9.17) is 25.8 Å². The van der Waals surface area contributed by atoms with E-state index in [0.29, 0.717) is 54.9 Å². The summed E-state index contributed by atoms with van der Waals surface area (Å²) in [6, 6.07) is 11.1. The molecule has 2 aromatic rings. The minimum atomic E-state index is -0.200. The highest BCUT2D eigenvalue weighted by Crippen LogP contribution is 2.38. The van der Waals surface area contributed by atoms with Crippen molar-refractivity contribution < 1.29 is 19.0 Å². The van der Waals surface area contributed by atoms with Crippen LogP contribution in [0.3, 0.4) is 0 Å². The number of carbonyl (C=O) groups is 1. The molecule has 132 valence electrons.